The lowest BCUT2D eigenvalue weighted by molar-refractivity contribution is -0.142. The van der Waals surface area contributed by atoms with Gasteiger partial charge in [-0.1, -0.05) is 27.2 Å². The molecule has 14 heavy (non-hydrogen) atoms. The number of rotatable bonds is 5. The highest BCUT2D eigenvalue weighted by atomic mass is 31.2. The number of hydrogen-bond acceptors (Lipinski definition) is 2. The first-order valence-corrected chi connectivity index (χ1v) is 6.14. The second-order valence-electron chi connectivity index (χ2n) is 3.44. The summed E-state index contributed by atoms with van der Waals surface area (Å²) >= 11 is 0. The quantitative estimate of drug-likeness (QED) is 0.614. The van der Waals surface area contributed by atoms with Gasteiger partial charge in [-0.15, -0.1) is 0 Å². The standard InChI is InChI=1S/C8H17O5P/c1-4-6(3)8(5-2,7(9)10)14(11,12)13/h6H,4-5H2,1-3H3,(H,9,10)(H2,11,12,13). The lowest BCUT2D eigenvalue weighted by Gasteiger charge is -2.33. The Morgan fingerprint density at radius 3 is 1.93 bits per heavy atom. The van der Waals surface area contributed by atoms with Crippen LogP contribution in [-0.2, 0) is 9.36 Å². The van der Waals surface area contributed by atoms with Gasteiger partial charge in [-0.3, -0.25) is 9.36 Å². The van der Waals surface area contributed by atoms with Crippen LogP contribution in [0.1, 0.15) is 33.6 Å². The third-order valence-electron chi connectivity index (χ3n) is 2.86. The van der Waals surface area contributed by atoms with Gasteiger partial charge in [0.2, 0.25) is 0 Å². The van der Waals surface area contributed by atoms with Gasteiger partial charge in [0.1, 0.15) is 0 Å². The zero-order chi connectivity index (χ0) is 11.6. The molecule has 0 aromatic carbocycles. The minimum absolute atomic E-state index is 0.0678. The highest BCUT2D eigenvalue weighted by Gasteiger charge is 2.55. The van der Waals surface area contributed by atoms with Gasteiger partial charge in [0.05, 0.1) is 0 Å². The minimum atomic E-state index is -4.64. The molecule has 0 aromatic heterocycles. The smallest absolute Gasteiger partial charge is 0.343 e. The Hall–Kier alpha value is -0.380. The van der Waals surface area contributed by atoms with Crippen molar-refractivity contribution in [3.8, 4) is 0 Å². The van der Waals surface area contributed by atoms with Gasteiger partial charge in [-0.2, -0.15) is 0 Å². The van der Waals surface area contributed by atoms with Crippen molar-refractivity contribution in [3.63, 3.8) is 0 Å². The largest absolute Gasteiger partial charge is 0.480 e. The van der Waals surface area contributed by atoms with Crippen molar-refractivity contribution in [1.29, 1.82) is 0 Å². The molecule has 0 aliphatic rings. The zero-order valence-electron chi connectivity index (χ0n) is 8.60. The van der Waals surface area contributed by atoms with Gasteiger partial charge in [0.25, 0.3) is 0 Å². The molecule has 0 spiro atoms. The summed E-state index contributed by atoms with van der Waals surface area (Å²) in [7, 11) is -4.64. The highest BCUT2D eigenvalue weighted by molar-refractivity contribution is 7.54. The van der Waals surface area contributed by atoms with Gasteiger partial charge in [-0.25, -0.2) is 0 Å². The molecule has 0 aromatic rings. The van der Waals surface area contributed by atoms with Crippen LogP contribution in [0.4, 0.5) is 0 Å². The van der Waals surface area contributed by atoms with Crippen LogP contribution in [-0.4, -0.2) is 26.0 Å². The molecular weight excluding hydrogens is 207 g/mol. The first-order chi connectivity index (χ1) is 6.24. The average Bonchev–Trinajstić information content (AvgIpc) is 2.02. The van der Waals surface area contributed by atoms with E-state index in [0.717, 1.165) is 0 Å². The molecule has 0 fully saturated rings. The van der Waals surface area contributed by atoms with Crippen molar-refractivity contribution < 1.29 is 24.3 Å². The Balaban J connectivity index is 5.44. The number of hydrogen-bond donors (Lipinski definition) is 3. The van der Waals surface area contributed by atoms with E-state index < -0.39 is 24.6 Å². The fraction of sp³-hybridized carbons (Fsp3) is 0.875. The summed E-state index contributed by atoms with van der Waals surface area (Å²) in [5.74, 6) is -1.96. The lowest BCUT2D eigenvalue weighted by Crippen LogP contribution is -2.43. The summed E-state index contributed by atoms with van der Waals surface area (Å²) in [6.45, 7) is 4.75. The summed E-state index contributed by atoms with van der Waals surface area (Å²) in [5.41, 5.74) is 0. The Kier molecular flexibility index (Phi) is 4.31. The van der Waals surface area contributed by atoms with E-state index >= 15 is 0 Å². The molecule has 84 valence electrons. The summed E-state index contributed by atoms with van der Waals surface area (Å²) in [6.07, 6.45) is 0.354. The average molecular weight is 224 g/mol. The van der Waals surface area contributed by atoms with Crippen molar-refractivity contribution in [3.05, 3.63) is 0 Å². The second-order valence-corrected chi connectivity index (χ2v) is 5.32. The SMILES string of the molecule is CCC(C)C(CC)(C(=O)O)P(=O)(O)O. The van der Waals surface area contributed by atoms with Crippen LogP contribution in [0.3, 0.4) is 0 Å². The number of carboxylic acid groups (broad SMARTS) is 1. The van der Waals surface area contributed by atoms with E-state index in [0.29, 0.717) is 6.42 Å². The minimum Gasteiger partial charge on any atom is -0.480 e. The third-order valence-corrected chi connectivity index (χ3v) is 4.84. The highest BCUT2D eigenvalue weighted by Crippen LogP contribution is 2.57. The van der Waals surface area contributed by atoms with Gasteiger partial charge in [0.15, 0.2) is 5.16 Å². The van der Waals surface area contributed by atoms with E-state index in [9.17, 15) is 9.36 Å². The second kappa shape index (κ2) is 4.43. The van der Waals surface area contributed by atoms with Gasteiger partial charge in [0, 0.05) is 0 Å². The third kappa shape index (κ3) is 2.00. The van der Waals surface area contributed by atoms with E-state index in [4.69, 9.17) is 14.9 Å². The summed E-state index contributed by atoms with van der Waals surface area (Å²) in [4.78, 5) is 29.3. The van der Waals surface area contributed by atoms with Gasteiger partial charge >= 0.3 is 13.6 Å². The van der Waals surface area contributed by atoms with E-state index in [-0.39, 0.29) is 6.42 Å². The molecular formula is C8H17O5P. The van der Waals surface area contributed by atoms with E-state index in [1.54, 1.807) is 13.8 Å². The molecule has 0 aliphatic carbocycles. The van der Waals surface area contributed by atoms with Crippen molar-refractivity contribution in [2.24, 2.45) is 5.92 Å². The topological polar surface area (TPSA) is 94.8 Å². The normalized spacial score (nSPS) is 18.6. The van der Waals surface area contributed by atoms with Crippen molar-refractivity contribution in [2.45, 2.75) is 38.8 Å². The molecule has 0 amide bonds. The van der Waals surface area contributed by atoms with Crippen LogP contribution in [0.15, 0.2) is 0 Å². The summed E-state index contributed by atoms with van der Waals surface area (Å²) < 4.78 is 11.2. The molecule has 0 bridgehead atoms. The monoisotopic (exact) mass is 224 g/mol. The summed E-state index contributed by atoms with van der Waals surface area (Å²) in [5, 5.41) is 7.04. The zero-order valence-corrected chi connectivity index (χ0v) is 9.49. The molecule has 5 nitrogen and oxygen atoms in total. The van der Waals surface area contributed by atoms with Crippen molar-refractivity contribution in [1.82, 2.24) is 0 Å². The molecule has 2 unspecified atom stereocenters. The first-order valence-electron chi connectivity index (χ1n) is 4.53. The predicted octanol–water partition coefficient (Wildman–Crippen LogP) is 1.44. The van der Waals surface area contributed by atoms with E-state index in [1.165, 1.54) is 6.92 Å². The molecule has 0 heterocycles. The van der Waals surface area contributed by atoms with E-state index in [1.807, 2.05) is 0 Å². The lowest BCUT2D eigenvalue weighted by atomic mass is 9.88. The molecule has 6 heteroatoms. The van der Waals surface area contributed by atoms with Crippen LogP contribution in [0, 0.1) is 5.92 Å². The maximum Gasteiger partial charge on any atom is 0.343 e. The number of carbonyl (C=O) groups is 1. The van der Waals surface area contributed by atoms with Crippen LogP contribution in [0.5, 0.6) is 0 Å². The molecule has 0 saturated carbocycles. The van der Waals surface area contributed by atoms with Gasteiger partial charge in [-0.05, 0) is 12.3 Å². The van der Waals surface area contributed by atoms with Crippen LogP contribution < -0.4 is 0 Å². The van der Waals surface area contributed by atoms with Gasteiger partial charge < -0.3 is 14.9 Å². The van der Waals surface area contributed by atoms with Crippen molar-refractivity contribution in [2.75, 3.05) is 0 Å². The molecule has 0 saturated heterocycles. The van der Waals surface area contributed by atoms with Crippen LogP contribution >= 0.6 is 7.60 Å². The molecule has 2 atom stereocenters. The fourth-order valence-corrected chi connectivity index (χ4v) is 3.08. The Morgan fingerprint density at radius 1 is 1.43 bits per heavy atom. The maximum absolute atomic E-state index is 11.2. The molecule has 0 rings (SSSR count). The Bertz CT molecular complexity index is 258. The first kappa shape index (κ1) is 13.6. The van der Waals surface area contributed by atoms with Crippen LogP contribution in [0.25, 0.3) is 0 Å². The predicted molar refractivity (Wildman–Crippen MR) is 52.2 cm³/mol. The maximum atomic E-state index is 11.2. The molecule has 0 radical (unpaired) electrons. The van der Waals surface area contributed by atoms with E-state index in [2.05, 4.69) is 0 Å². The van der Waals surface area contributed by atoms with Crippen molar-refractivity contribution >= 4 is 13.6 Å². The molecule has 3 N–H and O–H groups in total. The molecule has 0 aliphatic heterocycles. The Labute approximate surface area is 83.3 Å². The fourth-order valence-electron chi connectivity index (χ4n) is 1.67. The Morgan fingerprint density at radius 2 is 1.86 bits per heavy atom. The van der Waals surface area contributed by atoms with Crippen LogP contribution in [0.2, 0.25) is 0 Å². The number of carboxylic acids is 1. The number of aliphatic carboxylic acids is 1. The summed E-state index contributed by atoms with van der Waals surface area (Å²) in [6, 6.07) is 0.